The van der Waals surface area contributed by atoms with Crippen molar-refractivity contribution in [3.63, 3.8) is 0 Å². The number of benzene rings is 1. The van der Waals surface area contributed by atoms with Gasteiger partial charge in [0, 0.05) is 49.1 Å². The number of para-hydroxylation sites is 1. The number of rotatable bonds is 3. The number of anilines is 2. The van der Waals surface area contributed by atoms with Crippen molar-refractivity contribution in [2.24, 2.45) is 7.05 Å². The fourth-order valence-corrected chi connectivity index (χ4v) is 3.55. The van der Waals surface area contributed by atoms with E-state index in [9.17, 15) is 0 Å². The van der Waals surface area contributed by atoms with Crippen LogP contribution in [0, 0.1) is 6.92 Å². The number of hydrogen-bond acceptors (Lipinski definition) is 4. The van der Waals surface area contributed by atoms with E-state index in [0.717, 1.165) is 24.3 Å². The Kier molecular flexibility index (Phi) is 3.84. The number of fused-ring (bicyclic) bond motifs is 1. The van der Waals surface area contributed by atoms with Crippen LogP contribution in [0.1, 0.15) is 18.5 Å². The SMILES string of the molecule is Cc1cc(NC2CCCN(c3cnn(C)c3)C2)c2ccccc2n1. The zero-order chi connectivity index (χ0) is 16.5. The van der Waals surface area contributed by atoms with E-state index in [0.29, 0.717) is 6.04 Å². The lowest BCUT2D eigenvalue weighted by Gasteiger charge is -2.34. The smallest absolute Gasteiger partial charge is 0.0753 e. The Labute approximate surface area is 142 Å². The third kappa shape index (κ3) is 2.94. The molecule has 0 radical (unpaired) electrons. The molecule has 3 aromatic rings. The fourth-order valence-electron chi connectivity index (χ4n) is 3.55. The van der Waals surface area contributed by atoms with E-state index in [4.69, 9.17) is 0 Å². The molecule has 0 spiro atoms. The molecule has 2 aromatic heterocycles. The molecule has 5 heteroatoms. The maximum atomic E-state index is 4.63. The van der Waals surface area contributed by atoms with Crippen LogP contribution in [0.3, 0.4) is 0 Å². The van der Waals surface area contributed by atoms with Crippen LogP contribution >= 0.6 is 0 Å². The second-order valence-corrected chi connectivity index (χ2v) is 6.63. The number of aromatic nitrogens is 3. The van der Waals surface area contributed by atoms with Crippen molar-refractivity contribution in [2.75, 3.05) is 23.3 Å². The summed E-state index contributed by atoms with van der Waals surface area (Å²) in [5, 5.41) is 9.26. The monoisotopic (exact) mass is 321 g/mol. The van der Waals surface area contributed by atoms with Gasteiger partial charge in [0.25, 0.3) is 0 Å². The molecule has 3 heterocycles. The maximum Gasteiger partial charge on any atom is 0.0753 e. The molecule has 1 fully saturated rings. The van der Waals surface area contributed by atoms with Crippen LogP contribution in [0.15, 0.2) is 42.7 Å². The zero-order valence-electron chi connectivity index (χ0n) is 14.2. The first kappa shape index (κ1) is 15.0. The van der Waals surface area contributed by atoms with Gasteiger partial charge in [0.15, 0.2) is 0 Å². The molecule has 1 saturated heterocycles. The van der Waals surface area contributed by atoms with Crippen molar-refractivity contribution in [3.8, 4) is 0 Å². The highest BCUT2D eigenvalue weighted by Gasteiger charge is 2.21. The number of nitrogens with one attached hydrogen (secondary N) is 1. The van der Waals surface area contributed by atoms with Crippen molar-refractivity contribution in [1.29, 1.82) is 0 Å². The van der Waals surface area contributed by atoms with Crippen LogP contribution < -0.4 is 10.2 Å². The Hall–Kier alpha value is -2.56. The van der Waals surface area contributed by atoms with E-state index < -0.39 is 0 Å². The van der Waals surface area contributed by atoms with Gasteiger partial charge in [0.1, 0.15) is 0 Å². The van der Waals surface area contributed by atoms with Gasteiger partial charge in [-0.1, -0.05) is 18.2 Å². The van der Waals surface area contributed by atoms with Gasteiger partial charge in [0.05, 0.1) is 17.4 Å². The number of aryl methyl sites for hydroxylation is 2. The highest BCUT2D eigenvalue weighted by molar-refractivity contribution is 5.91. The fraction of sp³-hybridized carbons (Fsp3) is 0.368. The van der Waals surface area contributed by atoms with Gasteiger partial charge in [0.2, 0.25) is 0 Å². The average Bonchev–Trinajstić information content (AvgIpc) is 3.01. The van der Waals surface area contributed by atoms with Crippen LogP contribution in [0.25, 0.3) is 10.9 Å². The number of pyridine rings is 1. The molecule has 24 heavy (non-hydrogen) atoms. The van der Waals surface area contributed by atoms with Crippen LogP contribution in [0.5, 0.6) is 0 Å². The molecule has 0 aliphatic carbocycles. The summed E-state index contributed by atoms with van der Waals surface area (Å²) in [6.07, 6.45) is 6.42. The van der Waals surface area contributed by atoms with E-state index in [1.165, 1.54) is 29.6 Å². The molecule has 1 unspecified atom stereocenters. The Bertz CT molecular complexity index is 854. The normalized spacial score (nSPS) is 18.1. The minimum absolute atomic E-state index is 0.434. The van der Waals surface area contributed by atoms with E-state index in [1.54, 1.807) is 0 Å². The molecule has 124 valence electrons. The van der Waals surface area contributed by atoms with Crippen LogP contribution in [0.2, 0.25) is 0 Å². The number of piperidine rings is 1. The summed E-state index contributed by atoms with van der Waals surface area (Å²) >= 11 is 0. The van der Waals surface area contributed by atoms with Crippen molar-refractivity contribution in [2.45, 2.75) is 25.8 Å². The summed E-state index contributed by atoms with van der Waals surface area (Å²) in [5.74, 6) is 0. The van der Waals surface area contributed by atoms with Gasteiger partial charge in [-0.25, -0.2) is 0 Å². The molecule has 5 nitrogen and oxygen atoms in total. The van der Waals surface area contributed by atoms with Gasteiger partial charge in [-0.3, -0.25) is 9.67 Å². The molecule has 1 atom stereocenters. The summed E-state index contributed by atoms with van der Waals surface area (Å²) < 4.78 is 1.87. The lowest BCUT2D eigenvalue weighted by atomic mass is 10.0. The minimum atomic E-state index is 0.434. The molecular formula is C19H23N5. The molecule has 4 rings (SSSR count). The molecule has 1 aliphatic heterocycles. The summed E-state index contributed by atoms with van der Waals surface area (Å²) in [5.41, 5.74) is 4.51. The first-order valence-electron chi connectivity index (χ1n) is 8.55. The first-order chi connectivity index (χ1) is 11.7. The summed E-state index contributed by atoms with van der Waals surface area (Å²) in [6.45, 7) is 4.15. The van der Waals surface area contributed by atoms with E-state index in [1.807, 2.05) is 24.0 Å². The zero-order valence-corrected chi connectivity index (χ0v) is 14.2. The van der Waals surface area contributed by atoms with Crippen LogP contribution in [-0.2, 0) is 7.05 Å². The largest absolute Gasteiger partial charge is 0.380 e. The predicted octanol–water partition coefficient (Wildman–Crippen LogP) is 3.36. The van der Waals surface area contributed by atoms with Gasteiger partial charge < -0.3 is 10.2 Å². The third-order valence-electron chi connectivity index (χ3n) is 4.68. The third-order valence-corrected chi connectivity index (χ3v) is 4.68. The van der Waals surface area contributed by atoms with Crippen LogP contribution in [-0.4, -0.2) is 33.9 Å². The van der Waals surface area contributed by atoms with Crippen molar-refractivity contribution in [1.82, 2.24) is 14.8 Å². The molecule has 0 amide bonds. The van der Waals surface area contributed by atoms with Gasteiger partial charge in [-0.2, -0.15) is 5.10 Å². The second-order valence-electron chi connectivity index (χ2n) is 6.63. The predicted molar refractivity (Wildman–Crippen MR) is 98.5 cm³/mol. The molecule has 0 saturated carbocycles. The lowest BCUT2D eigenvalue weighted by Crippen LogP contribution is -2.42. The maximum absolute atomic E-state index is 4.63. The standard InChI is InChI=1S/C19H23N5/c1-14-10-19(17-7-3-4-8-18(17)21-14)22-15-6-5-9-24(12-15)16-11-20-23(2)13-16/h3-4,7-8,10-11,13,15H,5-6,9,12H2,1-2H3,(H,21,22). The lowest BCUT2D eigenvalue weighted by molar-refractivity contribution is 0.530. The number of nitrogens with zero attached hydrogens (tertiary/aromatic N) is 4. The number of hydrogen-bond donors (Lipinski definition) is 1. The Balaban J connectivity index is 1.57. The topological polar surface area (TPSA) is 46.0 Å². The van der Waals surface area contributed by atoms with Crippen molar-refractivity contribution < 1.29 is 0 Å². The van der Waals surface area contributed by atoms with Gasteiger partial charge >= 0.3 is 0 Å². The van der Waals surface area contributed by atoms with Crippen molar-refractivity contribution >= 4 is 22.3 Å². The Morgan fingerprint density at radius 3 is 2.96 bits per heavy atom. The quantitative estimate of drug-likeness (QED) is 0.803. The molecule has 1 aromatic carbocycles. The van der Waals surface area contributed by atoms with E-state index in [-0.39, 0.29) is 0 Å². The summed E-state index contributed by atoms with van der Waals surface area (Å²) in [7, 11) is 1.97. The van der Waals surface area contributed by atoms with Crippen molar-refractivity contribution in [3.05, 3.63) is 48.4 Å². The minimum Gasteiger partial charge on any atom is -0.380 e. The highest BCUT2D eigenvalue weighted by atomic mass is 15.3. The van der Waals surface area contributed by atoms with Gasteiger partial charge in [-0.05, 0) is 31.9 Å². The highest BCUT2D eigenvalue weighted by Crippen LogP contribution is 2.26. The Morgan fingerprint density at radius 1 is 1.25 bits per heavy atom. The Morgan fingerprint density at radius 2 is 2.12 bits per heavy atom. The molecule has 1 aliphatic rings. The first-order valence-corrected chi connectivity index (χ1v) is 8.55. The van der Waals surface area contributed by atoms with Crippen LogP contribution in [0.4, 0.5) is 11.4 Å². The van der Waals surface area contributed by atoms with E-state index >= 15 is 0 Å². The second kappa shape index (κ2) is 6.15. The summed E-state index contributed by atoms with van der Waals surface area (Å²) in [6, 6.07) is 10.9. The molecule has 1 N–H and O–H groups in total. The molecular weight excluding hydrogens is 298 g/mol. The molecule has 0 bridgehead atoms. The van der Waals surface area contributed by atoms with E-state index in [2.05, 4.69) is 57.7 Å². The van der Waals surface area contributed by atoms with Gasteiger partial charge in [-0.15, -0.1) is 0 Å². The summed E-state index contributed by atoms with van der Waals surface area (Å²) in [4.78, 5) is 7.05. The average molecular weight is 321 g/mol.